The van der Waals surface area contributed by atoms with Crippen molar-refractivity contribution in [2.75, 3.05) is 27.3 Å². The zero-order valence-electron chi connectivity index (χ0n) is 32.2. The van der Waals surface area contributed by atoms with Crippen molar-refractivity contribution in [3.63, 3.8) is 0 Å². The van der Waals surface area contributed by atoms with E-state index in [2.05, 4.69) is 48.5 Å². The number of hydrogen-bond donors (Lipinski definition) is 4. The minimum absolute atomic E-state index is 0.116. The number of imidazole rings is 2. The van der Waals surface area contributed by atoms with Crippen molar-refractivity contribution >= 4 is 34.8 Å². The van der Waals surface area contributed by atoms with E-state index < -0.39 is 30.3 Å². The van der Waals surface area contributed by atoms with Crippen LogP contribution in [0.5, 0.6) is 0 Å². The van der Waals surface area contributed by atoms with Crippen molar-refractivity contribution in [2.24, 2.45) is 11.8 Å². The SMILES string of the molecule is COC(=O)N[C@H](C(=O)N1CC(C)=C[C@H]1c1ncc(-c2ccc3cc(C#Cc4cnc([C@@H]5CCCN5C(=O)[C@@H](NC(=O)OC)C(C)C)[nH]4)ccc3c2)[nH]1)C(C)C. The van der Waals surface area contributed by atoms with E-state index >= 15 is 0 Å². The van der Waals surface area contributed by atoms with Crippen LogP contribution in [0.15, 0.2) is 60.4 Å². The lowest BCUT2D eigenvalue weighted by atomic mass is 10.0. The molecule has 2 aromatic carbocycles. The van der Waals surface area contributed by atoms with Gasteiger partial charge in [0.25, 0.3) is 0 Å². The third-order valence-corrected chi connectivity index (χ3v) is 10.1. The Hall–Kier alpha value is -6.10. The fourth-order valence-corrected chi connectivity index (χ4v) is 7.13. The number of ether oxygens (including phenoxy) is 2. The van der Waals surface area contributed by atoms with Crippen molar-refractivity contribution in [1.29, 1.82) is 0 Å². The fourth-order valence-electron chi connectivity index (χ4n) is 7.13. The Morgan fingerprint density at radius 1 is 0.818 bits per heavy atom. The van der Waals surface area contributed by atoms with E-state index in [1.807, 2.05) is 71.0 Å². The van der Waals surface area contributed by atoms with Gasteiger partial charge in [0, 0.05) is 24.2 Å². The van der Waals surface area contributed by atoms with Crippen LogP contribution < -0.4 is 10.6 Å². The Bertz CT molecular complexity index is 2170. The van der Waals surface area contributed by atoms with Crippen LogP contribution in [0.25, 0.3) is 22.0 Å². The molecule has 14 heteroatoms. The maximum absolute atomic E-state index is 13.6. The van der Waals surface area contributed by atoms with E-state index in [-0.39, 0.29) is 29.7 Å². The minimum atomic E-state index is -0.738. The van der Waals surface area contributed by atoms with Gasteiger partial charge in [0.1, 0.15) is 35.5 Å². The first kappa shape index (κ1) is 38.6. The van der Waals surface area contributed by atoms with Crippen molar-refractivity contribution < 1.29 is 28.7 Å². The number of benzene rings is 2. The van der Waals surface area contributed by atoms with E-state index in [9.17, 15) is 19.2 Å². The van der Waals surface area contributed by atoms with Gasteiger partial charge in [-0.1, -0.05) is 63.5 Å². The summed E-state index contributed by atoms with van der Waals surface area (Å²) in [6.07, 6.45) is 5.77. The molecular formula is C41H48N8O6. The number of aromatic amines is 2. The molecule has 4 aromatic rings. The highest BCUT2D eigenvalue weighted by atomic mass is 16.5. The number of carbonyl (C=O) groups is 4. The molecule has 1 saturated heterocycles. The number of H-pyrrole nitrogens is 2. The van der Waals surface area contributed by atoms with E-state index in [1.165, 1.54) is 14.2 Å². The summed E-state index contributed by atoms with van der Waals surface area (Å²) in [5.41, 5.74) is 4.27. The van der Waals surface area contributed by atoms with Gasteiger partial charge in [-0.3, -0.25) is 9.59 Å². The second-order valence-electron chi connectivity index (χ2n) is 14.7. The highest BCUT2D eigenvalue weighted by molar-refractivity contribution is 5.89. The largest absolute Gasteiger partial charge is 0.453 e. The summed E-state index contributed by atoms with van der Waals surface area (Å²) in [5, 5.41) is 7.40. The second kappa shape index (κ2) is 16.5. The molecule has 288 valence electrons. The van der Waals surface area contributed by atoms with Gasteiger partial charge in [-0.05, 0) is 66.5 Å². The van der Waals surface area contributed by atoms with Crippen LogP contribution in [0.1, 0.15) is 82.5 Å². The van der Waals surface area contributed by atoms with Gasteiger partial charge in [-0.25, -0.2) is 19.6 Å². The summed E-state index contributed by atoms with van der Waals surface area (Å²) < 4.78 is 9.50. The molecular weight excluding hydrogens is 701 g/mol. The molecule has 55 heavy (non-hydrogen) atoms. The molecule has 4 atom stereocenters. The number of hydrogen-bond acceptors (Lipinski definition) is 8. The number of nitrogens with one attached hydrogen (secondary N) is 4. The summed E-state index contributed by atoms with van der Waals surface area (Å²) in [6, 6.07) is 10.1. The average molecular weight is 749 g/mol. The minimum Gasteiger partial charge on any atom is -0.453 e. The number of alkyl carbamates (subject to hydrolysis) is 2. The molecule has 0 unspecified atom stereocenters. The Labute approximate surface area is 320 Å². The van der Waals surface area contributed by atoms with Gasteiger partial charge >= 0.3 is 12.2 Å². The predicted octanol–water partition coefficient (Wildman–Crippen LogP) is 5.61. The molecule has 1 fully saturated rings. The number of nitrogens with zero attached hydrogens (tertiary/aromatic N) is 4. The first-order valence-corrected chi connectivity index (χ1v) is 18.5. The molecule has 4 heterocycles. The van der Waals surface area contributed by atoms with Gasteiger partial charge in [0.05, 0.1) is 38.3 Å². The van der Waals surface area contributed by atoms with Crippen LogP contribution in [0, 0.1) is 23.7 Å². The molecule has 6 rings (SSSR count). The number of aromatic nitrogens is 4. The van der Waals surface area contributed by atoms with E-state index in [4.69, 9.17) is 9.47 Å². The van der Waals surface area contributed by atoms with E-state index in [0.29, 0.717) is 30.4 Å². The Balaban J connectivity index is 1.14. The number of methoxy groups -OCH3 is 2. The monoisotopic (exact) mass is 748 g/mol. The first-order valence-electron chi connectivity index (χ1n) is 18.5. The van der Waals surface area contributed by atoms with Crippen molar-refractivity contribution in [3.8, 4) is 23.1 Å². The maximum atomic E-state index is 13.6. The van der Waals surface area contributed by atoms with Gasteiger partial charge in [-0.2, -0.15) is 0 Å². The van der Waals surface area contributed by atoms with Gasteiger partial charge in [0.15, 0.2) is 0 Å². The zero-order valence-corrected chi connectivity index (χ0v) is 32.2. The zero-order chi connectivity index (χ0) is 39.4. The lowest BCUT2D eigenvalue weighted by Crippen LogP contribution is -2.51. The van der Waals surface area contributed by atoms with Crippen molar-refractivity contribution in [1.82, 2.24) is 40.4 Å². The molecule has 2 aliphatic rings. The van der Waals surface area contributed by atoms with Crippen LogP contribution >= 0.6 is 0 Å². The lowest BCUT2D eigenvalue weighted by Gasteiger charge is -2.30. The third-order valence-electron chi connectivity index (χ3n) is 10.1. The number of fused-ring (bicyclic) bond motifs is 1. The molecule has 0 radical (unpaired) electrons. The standard InChI is InChI=1S/C41H48N8O6/c1-23(2)34(46-40(52)54-6)38(50)48-16-8-9-32(48)36-42-20-30(44-36)15-11-26-10-12-28-19-29(14-13-27(28)18-26)31-21-43-37(45-31)33-17-25(5)22-49(33)39(51)35(24(3)4)47-41(53)55-7/h10,12-14,17-21,23-24,32-35H,8-9,16,22H2,1-7H3,(H,42,44)(H,43,45)(H,46,52)(H,47,53)/t32-,33-,34-,35-/m0/s1. The molecule has 14 nitrogen and oxygen atoms in total. The summed E-state index contributed by atoms with van der Waals surface area (Å²) in [6.45, 7) is 10.5. The van der Waals surface area contributed by atoms with Crippen LogP contribution in [-0.4, -0.2) is 93.1 Å². The van der Waals surface area contributed by atoms with Crippen LogP contribution in [-0.2, 0) is 19.1 Å². The normalized spacial score (nSPS) is 17.8. The van der Waals surface area contributed by atoms with E-state index in [0.717, 1.165) is 46.0 Å². The molecule has 0 aliphatic carbocycles. The Morgan fingerprint density at radius 2 is 1.45 bits per heavy atom. The molecule has 4 amide bonds. The third kappa shape index (κ3) is 8.51. The van der Waals surface area contributed by atoms with Gasteiger partial charge < -0.3 is 39.9 Å². The summed E-state index contributed by atoms with van der Waals surface area (Å²) >= 11 is 0. The molecule has 2 aromatic heterocycles. The van der Waals surface area contributed by atoms with Crippen LogP contribution in [0.4, 0.5) is 9.59 Å². The van der Waals surface area contributed by atoms with Gasteiger partial charge in [-0.15, -0.1) is 0 Å². The second-order valence-corrected chi connectivity index (χ2v) is 14.7. The summed E-state index contributed by atoms with van der Waals surface area (Å²) in [5.74, 6) is 7.09. The number of rotatable bonds is 9. The van der Waals surface area contributed by atoms with Crippen LogP contribution in [0.3, 0.4) is 0 Å². The molecule has 0 bridgehead atoms. The first-order chi connectivity index (χ1) is 26.4. The highest BCUT2D eigenvalue weighted by Gasteiger charge is 2.38. The highest BCUT2D eigenvalue weighted by Crippen LogP contribution is 2.33. The Kier molecular flexibility index (Phi) is 11.6. The lowest BCUT2D eigenvalue weighted by molar-refractivity contribution is -0.136. The van der Waals surface area contributed by atoms with Crippen molar-refractivity contribution in [2.45, 2.75) is 71.6 Å². The van der Waals surface area contributed by atoms with E-state index in [1.54, 1.807) is 22.2 Å². The number of likely N-dealkylation sites (tertiary alicyclic amines) is 1. The molecule has 0 saturated carbocycles. The maximum Gasteiger partial charge on any atom is 0.407 e. The van der Waals surface area contributed by atoms with Crippen LogP contribution in [0.2, 0.25) is 0 Å². The van der Waals surface area contributed by atoms with Gasteiger partial charge in [0.2, 0.25) is 11.8 Å². The number of amides is 4. The molecule has 0 spiro atoms. The summed E-state index contributed by atoms with van der Waals surface area (Å²) in [7, 11) is 2.56. The topological polar surface area (TPSA) is 175 Å². The Morgan fingerprint density at radius 3 is 2.13 bits per heavy atom. The smallest absolute Gasteiger partial charge is 0.407 e. The predicted molar refractivity (Wildman–Crippen MR) is 206 cm³/mol. The van der Waals surface area contributed by atoms with Crippen molar-refractivity contribution in [3.05, 3.63) is 83.3 Å². The quantitative estimate of drug-likeness (QED) is 0.126. The number of carbonyl (C=O) groups excluding carboxylic acids is 4. The molecule has 4 N–H and O–H groups in total. The fraction of sp³-hybridized carbons (Fsp3) is 0.415. The average Bonchev–Trinajstić information content (AvgIpc) is 4.00. The summed E-state index contributed by atoms with van der Waals surface area (Å²) in [4.78, 5) is 70.5. The molecule has 2 aliphatic heterocycles.